The summed E-state index contributed by atoms with van der Waals surface area (Å²) in [6.07, 6.45) is 6.23. The van der Waals surface area contributed by atoms with Gasteiger partial charge in [-0.3, -0.25) is 4.79 Å². The van der Waals surface area contributed by atoms with E-state index in [2.05, 4.69) is 35.6 Å². The molecule has 1 aliphatic rings. The number of fused-ring (bicyclic) bond motifs is 1. The first-order valence-corrected chi connectivity index (χ1v) is 9.34. The molecule has 1 amide bonds. The molecule has 4 nitrogen and oxygen atoms in total. The summed E-state index contributed by atoms with van der Waals surface area (Å²) in [4.78, 5) is 12.7. The van der Waals surface area contributed by atoms with Crippen LogP contribution in [0.2, 0.25) is 0 Å². The van der Waals surface area contributed by atoms with E-state index in [1.807, 2.05) is 12.1 Å². The molecule has 134 valence electrons. The van der Waals surface area contributed by atoms with Crippen molar-refractivity contribution in [2.45, 2.75) is 44.6 Å². The van der Waals surface area contributed by atoms with Crippen molar-refractivity contribution in [2.24, 2.45) is 16.9 Å². The van der Waals surface area contributed by atoms with E-state index in [0.717, 1.165) is 18.4 Å². The molecule has 0 aromatic heterocycles. The highest BCUT2D eigenvalue weighted by molar-refractivity contribution is 5.83. The molecule has 0 heterocycles. The number of hydrogen-bond donors (Lipinski definition) is 3. The summed E-state index contributed by atoms with van der Waals surface area (Å²) in [6.45, 7) is 0.976. The third kappa shape index (κ3) is 4.20. The van der Waals surface area contributed by atoms with Gasteiger partial charge < -0.3 is 16.8 Å². The van der Waals surface area contributed by atoms with E-state index in [9.17, 15) is 4.79 Å². The quantitative estimate of drug-likeness (QED) is 0.755. The van der Waals surface area contributed by atoms with Crippen molar-refractivity contribution in [1.29, 1.82) is 0 Å². The van der Waals surface area contributed by atoms with Crippen LogP contribution in [-0.4, -0.2) is 19.0 Å². The Morgan fingerprint density at radius 2 is 1.76 bits per heavy atom. The van der Waals surface area contributed by atoms with Crippen molar-refractivity contribution in [2.75, 3.05) is 13.1 Å². The zero-order chi connectivity index (χ0) is 17.7. The van der Waals surface area contributed by atoms with Gasteiger partial charge in [0, 0.05) is 13.0 Å². The molecule has 2 aromatic rings. The van der Waals surface area contributed by atoms with E-state index in [0.29, 0.717) is 19.5 Å². The molecule has 0 spiro atoms. The molecular formula is C21H29N3O. The fourth-order valence-electron chi connectivity index (χ4n) is 4.04. The molecule has 1 saturated carbocycles. The summed E-state index contributed by atoms with van der Waals surface area (Å²) in [5, 5.41) is 5.49. The van der Waals surface area contributed by atoms with Crippen LogP contribution in [0.1, 0.15) is 50.1 Å². The number of carbonyl (C=O) groups excluding carboxylic acids is 1. The summed E-state index contributed by atoms with van der Waals surface area (Å²) >= 11 is 0. The van der Waals surface area contributed by atoms with Gasteiger partial charge in [0.05, 0.1) is 6.04 Å². The largest absolute Gasteiger partial charge is 0.348 e. The van der Waals surface area contributed by atoms with Crippen LogP contribution >= 0.6 is 0 Å². The molecular weight excluding hydrogens is 310 g/mol. The first kappa shape index (κ1) is 17.9. The molecule has 1 fully saturated rings. The van der Waals surface area contributed by atoms with Gasteiger partial charge in [-0.1, -0.05) is 55.7 Å². The Kier molecular flexibility index (Phi) is 5.71. The molecule has 0 aliphatic heterocycles. The van der Waals surface area contributed by atoms with Gasteiger partial charge in [-0.2, -0.15) is 0 Å². The maximum atomic E-state index is 12.7. The predicted molar refractivity (Wildman–Crippen MR) is 103 cm³/mol. The first-order chi connectivity index (χ1) is 12.2. The summed E-state index contributed by atoms with van der Waals surface area (Å²) in [5.74, 6) is 0.0657. The van der Waals surface area contributed by atoms with Gasteiger partial charge in [-0.15, -0.1) is 0 Å². The Morgan fingerprint density at radius 1 is 1.04 bits per heavy atom. The second-order valence-corrected chi connectivity index (χ2v) is 7.40. The molecule has 0 radical (unpaired) electrons. The lowest BCUT2D eigenvalue weighted by molar-refractivity contribution is -0.124. The topological polar surface area (TPSA) is 81.1 Å². The minimum absolute atomic E-state index is 0.0229. The monoisotopic (exact) mass is 339 g/mol. The SMILES string of the molecule is NCC(NC(=O)CC1(CN)CCCCC1)c1ccc2ccccc2c1. The van der Waals surface area contributed by atoms with Gasteiger partial charge in [-0.05, 0) is 47.2 Å². The van der Waals surface area contributed by atoms with E-state index in [-0.39, 0.29) is 17.4 Å². The number of nitrogens with one attached hydrogen (secondary N) is 1. The van der Waals surface area contributed by atoms with E-state index < -0.39 is 0 Å². The molecule has 1 aliphatic carbocycles. The number of nitrogens with two attached hydrogens (primary N) is 2. The Morgan fingerprint density at radius 3 is 2.44 bits per heavy atom. The normalized spacial score (nSPS) is 18.0. The Hall–Kier alpha value is -1.91. The van der Waals surface area contributed by atoms with Gasteiger partial charge >= 0.3 is 0 Å². The summed E-state index contributed by atoms with van der Waals surface area (Å²) < 4.78 is 0. The fraction of sp³-hybridized carbons (Fsp3) is 0.476. The van der Waals surface area contributed by atoms with Gasteiger partial charge in [0.25, 0.3) is 0 Å². The number of amides is 1. The maximum absolute atomic E-state index is 12.7. The summed E-state index contributed by atoms with van der Waals surface area (Å²) in [7, 11) is 0. The van der Waals surface area contributed by atoms with E-state index in [1.165, 1.54) is 30.0 Å². The average molecular weight is 339 g/mol. The second-order valence-electron chi connectivity index (χ2n) is 7.40. The van der Waals surface area contributed by atoms with Crippen LogP contribution in [0.15, 0.2) is 42.5 Å². The summed E-state index contributed by atoms with van der Waals surface area (Å²) in [6, 6.07) is 14.3. The van der Waals surface area contributed by atoms with Gasteiger partial charge in [-0.25, -0.2) is 0 Å². The number of carbonyl (C=O) groups is 1. The lowest BCUT2D eigenvalue weighted by atomic mass is 9.71. The number of hydrogen-bond acceptors (Lipinski definition) is 3. The molecule has 3 rings (SSSR count). The van der Waals surface area contributed by atoms with Crippen molar-refractivity contribution in [3.8, 4) is 0 Å². The molecule has 2 aromatic carbocycles. The molecule has 1 atom stereocenters. The molecule has 0 bridgehead atoms. The molecule has 25 heavy (non-hydrogen) atoms. The fourth-order valence-corrected chi connectivity index (χ4v) is 4.04. The van der Waals surface area contributed by atoms with Crippen LogP contribution in [-0.2, 0) is 4.79 Å². The highest BCUT2D eigenvalue weighted by atomic mass is 16.1. The number of benzene rings is 2. The minimum atomic E-state index is -0.157. The Balaban J connectivity index is 1.71. The van der Waals surface area contributed by atoms with Crippen LogP contribution in [0.5, 0.6) is 0 Å². The van der Waals surface area contributed by atoms with Crippen molar-refractivity contribution < 1.29 is 4.79 Å². The molecule has 1 unspecified atom stereocenters. The molecule has 4 heteroatoms. The maximum Gasteiger partial charge on any atom is 0.221 e. The lowest BCUT2D eigenvalue weighted by Gasteiger charge is -2.36. The van der Waals surface area contributed by atoms with Crippen LogP contribution in [0, 0.1) is 5.41 Å². The highest BCUT2D eigenvalue weighted by Crippen LogP contribution is 2.38. The zero-order valence-electron chi connectivity index (χ0n) is 14.8. The Bertz CT molecular complexity index is 722. The summed E-state index contributed by atoms with van der Waals surface area (Å²) in [5.41, 5.74) is 13.0. The second kappa shape index (κ2) is 7.98. The van der Waals surface area contributed by atoms with Crippen LogP contribution < -0.4 is 16.8 Å². The van der Waals surface area contributed by atoms with E-state index >= 15 is 0 Å². The third-order valence-corrected chi connectivity index (χ3v) is 5.63. The third-order valence-electron chi connectivity index (χ3n) is 5.63. The average Bonchev–Trinajstić information content (AvgIpc) is 2.66. The first-order valence-electron chi connectivity index (χ1n) is 9.34. The zero-order valence-corrected chi connectivity index (χ0v) is 14.8. The Labute approximate surface area is 150 Å². The van der Waals surface area contributed by atoms with Crippen molar-refractivity contribution in [3.63, 3.8) is 0 Å². The smallest absolute Gasteiger partial charge is 0.221 e. The standard InChI is InChI=1S/C21H29N3O/c22-14-19(18-9-8-16-6-2-3-7-17(16)12-18)24-20(25)13-21(15-23)10-4-1-5-11-21/h2-3,6-9,12,19H,1,4-5,10-11,13-15,22-23H2,(H,24,25). The minimum Gasteiger partial charge on any atom is -0.348 e. The number of rotatable bonds is 6. The molecule has 5 N–H and O–H groups in total. The van der Waals surface area contributed by atoms with Gasteiger partial charge in [0.2, 0.25) is 5.91 Å². The van der Waals surface area contributed by atoms with Crippen molar-refractivity contribution in [1.82, 2.24) is 5.32 Å². The van der Waals surface area contributed by atoms with Crippen molar-refractivity contribution in [3.05, 3.63) is 48.0 Å². The van der Waals surface area contributed by atoms with Crippen molar-refractivity contribution >= 4 is 16.7 Å². The lowest BCUT2D eigenvalue weighted by Crippen LogP contribution is -2.41. The predicted octanol–water partition coefficient (Wildman–Crippen LogP) is 3.26. The van der Waals surface area contributed by atoms with E-state index in [1.54, 1.807) is 0 Å². The van der Waals surface area contributed by atoms with Crippen LogP contribution in [0.25, 0.3) is 10.8 Å². The van der Waals surface area contributed by atoms with Crippen LogP contribution in [0.3, 0.4) is 0 Å². The van der Waals surface area contributed by atoms with Gasteiger partial charge in [0.1, 0.15) is 0 Å². The van der Waals surface area contributed by atoms with Crippen LogP contribution in [0.4, 0.5) is 0 Å². The van der Waals surface area contributed by atoms with Gasteiger partial charge in [0.15, 0.2) is 0 Å². The van der Waals surface area contributed by atoms with E-state index in [4.69, 9.17) is 11.5 Å². The highest BCUT2D eigenvalue weighted by Gasteiger charge is 2.33. The molecule has 0 saturated heterocycles.